The molecule has 20 heavy (non-hydrogen) atoms. The third kappa shape index (κ3) is 2.51. The van der Waals surface area contributed by atoms with E-state index in [1.165, 1.54) is 0 Å². The first-order valence-electron chi connectivity index (χ1n) is 6.37. The number of benzene rings is 1. The number of aromatic amines is 1. The van der Waals surface area contributed by atoms with E-state index < -0.39 is 0 Å². The molecule has 1 amide bonds. The van der Waals surface area contributed by atoms with E-state index in [9.17, 15) is 4.79 Å². The number of amides is 1. The van der Waals surface area contributed by atoms with Crippen LogP contribution in [0.3, 0.4) is 0 Å². The van der Waals surface area contributed by atoms with Crippen molar-refractivity contribution < 1.29 is 4.79 Å². The minimum Gasteiger partial charge on any atom is -0.324 e. The molecule has 2 N–H and O–H groups in total. The van der Waals surface area contributed by atoms with Crippen LogP contribution in [0.1, 0.15) is 11.4 Å². The minimum absolute atomic E-state index is 0.102. The van der Waals surface area contributed by atoms with Crippen LogP contribution in [0.4, 0.5) is 5.69 Å². The van der Waals surface area contributed by atoms with Crippen LogP contribution in [0.15, 0.2) is 42.6 Å². The SMILES string of the molecule is Cc1cc(CC(=O)Nc2cccc3cccnc23)n[nH]1. The molecule has 0 unspecified atom stereocenters. The van der Waals surface area contributed by atoms with Crippen LogP contribution >= 0.6 is 0 Å². The predicted octanol–water partition coefficient (Wildman–Crippen LogP) is 2.45. The first kappa shape index (κ1) is 12.3. The maximum atomic E-state index is 12.0. The Labute approximate surface area is 116 Å². The average molecular weight is 266 g/mol. The number of hydrogen-bond donors (Lipinski definition) is 2. The number of hydrogen-bond acceptors (Lipinski definition) is 3. The molecule has 0 aliphatic heterocycles. The zero-order valence-electron chi connectivity index (χ0n) is 11.1. The van der Waals surface area contributed by atoms with Crippen molar-refractivity contribution in [1.29, 1.82) is 0 Å². The van der Waals surface area contributed by atoms with Gasteiger partial charge in [-0.05, 0) is 25.1 Å². The number of anilines is 1. The van der Waals surface area contributed by atoms with Crippen LogP contribution in [-0.4, -0.2) is 21.1 Å². The van der Waals surface area contributed by atoms with Crippen molar-refractivity contribution in [3.05, 3.63) is 54.0 Å². The fraction of sp³-hybridized carbons (Fsp3) is 0.133. The molecule has 2 aromatic heterocycles. The lowest BCUT2D eigenvalue weighted by Gasteiger charge is -2.07. The maximum Gasteiger partial charge on any atom is 0.230 e. The van der Waals surface area contributed by atoms with Gasteiger partial charge in [-0.1, -0.05) is 18.2 Å². The summed E-state index contributed by atoms with van der Waals surface area (Å²) in [6.45, 7) is 1.91. The van der Waals surface area contributed by atoms with Gasteiger partial charge in [0.25, 0.3) is 0 Å². The topological polar surface area (TPSA) is 70.7 Å². The third-order valence-corrected chi connectivity index (χ3v) is 3.01. The highest BCUT2D eigenvalue weighted by atomic mass is 16.1. The zero-order chi connectivity index (χ0) is 13.9. The summed E-state index contributed by atoms with van der Waals surface area (Å²) in [6, 6.07) is 11.4. The van der Waals surface area contributed by atoms with Crippen LogP contribution < -0.4 is 5.32 Å². The van der Waals surface area contributed by atoms with Crippen molar-refractivity contribution in [2.75, 3.05) is 5.32 Å². The molecule has 5 nitrogen and oxygen atoms in total. The predicted molar refractivity (Wildman–Crippen MR) is 77.4 cm³/mol. The van der Waals surface area contributed by atoms with E-state index in [2.05, 4.69) is 20.5 Å². The second-order valence-corrected chi connectivity index (χ2v) is 4.65. The van der Waals surface area contributed by atoms with Gasteiger partial charge in [0, 0.05) is 17.3 Å². The second kappa shape index (κ2) is 5.13. The van der Waals surface area contributed by atoms with Crippen molar-refractivity contribution in [2.24, 2.45) is 0 Å². The van der Waals surface area contributed by atoms with Gasteiger partial charge in [0.1, 0.15) is 0 Å². The summed E-state index contributed by atoms with van der Waals surface area (Å²) in [5, 5.41) is 10.8. The number of pyridine rings is 1. The number of nitrogens with zero attached hydrogens (tertiary/aromatic N) is 2. The Morgan fingerprint density at radius 2 is 2.15 bits per heavy atom. The van der Waals surface area contributed by atoms with Crippen molar-refractivity contribution in [3.63, 3.8) is 0 Å². The van der Waals surface area contributed by atoms with Gasteiger partial charge in [0.2, 0.25) is 5.91 Å². The number of aryl methyl sites for hydroxylation is 1. The normalized spacial score (nSPS) is 10.7. The van der Waals surface area contributed by atoms with E-state index in [1.807, 2.05) is 43.3 Å². The van der Waals surface area contributed by atoms with Crippen molar-refractivity contribution in [2.45, 2.75) is 13.3 Å². The van der Waals surface area contributed by atoms with Gasteiger partial charge in [-0.25, -0.2) is 0 Å². The molecule has 3 aromatic rings. The molecular weight excluding hydrogens is 252 g/mol. The first-order valence-corrected chi connectivity index (χ1v) is 6.37. The maximum absolute atomic E-state index is 12.0. The number of rotatable bonds is 3. The van der Waals surface area contributed by atoms with Crippen molar-refractivity contribution in [1.82, 2.24) is 15.2 Å². The lowest BCUT2D eigenvalue weighted by Crippen LogP contribution is -2.15. The Balaban J connectivity index is 1.81. The number of para-hydroxylation sites is 1. The standard InChI is InChI=1S/C15H14N4O/c1-10-8-12(19-18-10)9-14(20)17-13-6-2-4-11-5-3-7-16-15(11)13/h2-8H,9H2,1H3,(H,17,20)(H,18,19). The van der Waals surface area contributed by atoms with Gasteiger partial charge >= 0.3 is 0 Å². The highest BCUT2D eigenvalue weighted by Gasteiger charge is 2.09. The molecule has 100 valence electrons. The number of nitrogens with one attached hydrogen (secondary N) is 2. The van der Waals surface area contributed by atoms with Crippen molar-refractivity contribution in [3.8, 4) is 0 Å². The molecular formula is C15H14N4O. The van der Waals surface area contributed by atoms with Gasteiger partial charge in [0.15, 0.2) is 0 Å². The molecule has 0 spiro atoms. The Morgan fingerprint density at radius 1 is 1.30 bits per heavy atom. The van der Waals surface area contributed by atoms with E-state index in [-0.39, 0.29) is 12.3 Å². The van der Waals surface area contributed by atoms with Crippen LogP contribution in [0.25, 0.3) is 10.9 Å². The quantitative estimate of drug-likeness (QED) is 0.765. The highest BCUT2D eigenvalue weighted by molar-refractivity contribution is 6.00. The molecule has 0 aliphatic rings. The smallest absolute Gasteiger partial charge is 0.230 e. The summed E-state index contributed by atoms with van der Waals surface area (Å²) in [4.78, 5) is 16.4. The molecule has 0 radical (unpaired) electrons. The summed E-state index contributed by atoms with van der Waals surface area (Å²) in [7, 11) is 0. The molecule has 0 bridgehead atoms. The number of carbonyl (C=O) groups excluding carboxylic acids is 1. The largest absolute Gasteiger partial charge is 0.324 e. The van der Waals surface area contributed by atoms with E-state index >= 15 is 0 Å². The summed E-state index contributed by atoms with van der Waals surface area (Å²) < 4.78 is 0. The fourth-order valence-electron chi connectivity index (χ4n) is 2.13. The highest BCUT2D eigenvalue weighted by Crippen LogP contribution is 2.20. The number of carbonyl (C=O) groups is 1. The van der Waals surface area contributed by atoms with Gasteiger partial charge < -0.3 is 5.32 Å². The van der Waals surface area contributed by atoms with E-state index in [1.54, 1.807) is 6.20 Å². The summed E-state index contributed by atoms with van der Waals surface area (Å²) >= 11 is 0. The molecule has 3 rings (SSSR count). The summed E-state index contributed by atoms with van der Waals surface area (Å²) in [5.41, 5.74) is 3.19. The van der Waals surface area contributed by atoms with E-state index in [0.29, 0.717) is 0 Å². The van der Waals surface area contributed by atoms with Crippen LogP contribution in [0, 0.1) is 6.92 Å². The number of aromatic nitrogens is 3. The first-order chi connectivity index (χ1) is 9.72. The average Bonchev–Trinajstić information content (AvgIpc) is 2.84. The van der Waals surface area contributed by atoms with Gasteiger partial charge in [-0.2, -0.15) is 5.10 Å². The fourth-order valence-corrected chi connectivity index (χ4v) is 2.13. The lowest BCUT2D eigenvalue weighted by molar-refractivity contribution is -0.115. The molecule has 0 atom stereocenters. The molecule has 0 saturated heterocycles. The van der Waals surface area contributed by atoms with Gasteiger partial charge in [0.05, 0.1) is 23.3 Å². The summed E-state index contributed by atoms with van der Waals surface area (Å²) in [5.74, 6) is -0.102. The number of fused-ring (bicyclic) bond motifs is 1. The molecule has 2 heterocycles. The third-order valence-electron chi connectivity index (χ3n) is 3.01. The van der Waals surface area contributed by atoms with E-state index in [4.69, 9.17) is 0 Å². The number of H-pyrrole nitrogens is 1. The minimum atomic E-state index is -0.102. The van der Waals surface area contributed by atoms with Crippen LogP contribution in [0.2, 0.25) is 0 Å². The molecule has 1 aromatic carbocycles. The van der Waals surface area contributed by atoms with Crippen molar-refractivity contribution >= 4 is 22.5 Å². The Kier molecular flexibility index (Phi) is 3.16. The Hall–Kier alpha value is -2.69. The lowest BCUT2D eigenvalue weighted by atomic mass is 10.2. The molecule has 0 fully saturated rings. The van der Waals surface area contributed by atoms with E-state index in [0.717, 1.165) is 28.0 Å². The zero-order valence-corrected chi connectivity index (χ0v) is 11.1. The second-order valence-electron chi connectivity index (χ2n) is 4.65. The monoisotopic (exact) mass is 266 g/mol. The molecule has 0 saturated carbocycles. The van der Waals surface area contributed by atoms with Crippen LogP contribution in [0.5, 0.6) is 0 Å². The summed E-state index contributed by atoms with van der Waals surface area (Å²) in [6.07, 6.45) is 1.96. The van der Waals surface area contributed by atoms with Gasteiger partial charge in [-0.3, -0.25) is 14.9 Å². The van der Waals surface area contributed by atoms with Gasteiger partial charge in [-0.15, -0.1) is 0 Å². The molecule has 0 aliphatic carbocycles. The molecule has 5 heteroatoms. The van der Waals surface area contributed by atoms with Crippen LogP contribution in [-0.2, 0) is 11.2 Å². The Bertz CT molecular complexity index is 758. The Morgan fingerprint density at radius 3 is 2.95 bits per heavy atom.